The molecule has 0 fully saturated rings. The van der Waals surface area contributed by atoms with Gasteiger partial charge in [0.05, 0.1) is 17.9 Å². The van der Waals surface area contributed by atoms with Crippen molar-refractivity contribution in [2.45, 2.75) is 32.9 Å². The van der Waals surface area contributed by atoms with E-state index < -0.39 is 6.04 Å². The van der Waals surface area contributed by atoms with Gasteiger partial charge in [0.2, 0.25) is 0 Å². The number of benzodiazepines with no additional fused rings is 1. The molecule has 1 atom stereocenters. The van der Waals surface area contributed by atoms with Crippen molar-refractivity contribution in [3.8, 4) is 0 Å². The summed E-state index contributed by atoms with van der Waals surface area (Å²) in [7, 11) is 0. The fourth-order valence-corrected chi connectivity index (χ4v) is 4.58. The number of benzene rings is 4. The number of aliphatic imine (C=N–C) groups is 1. The second-order valence-corrected chi connectivity index (χ2v) is 9.11. The molecule has 0 N–H and O–H groups in total. The number of carbonyl (C=O) groups is 1. The minimum atomic E-state index is -0.414. The quantitative estimate of drug-likeness (QED) is 0.348. The minimum absolute atomic E-state index is 0.0655. The highest BCUT2D eigenvalue weighted by Crippen LogP contribution is 2.32. The maximum atomic E-state index is 13.9. The lowest BCUT2D eigenvalue weighted by atomic mass is 9.97. The molecule has 1 heterocycles. The highest BCUT2D eigenvalue weighted by molar-refractivity contribution is 6.20. The van der Waals surface area contributed by atoms with Gasteiger partial charge in [-0.15, -0.1) is 0 Å². The van der Waals surface area contributed by atoms with Crippen molar-refractivity contribution in [3.05, 3.63) is 114 Å². The highest BCUT2D eigenvalue weighted by Gasteiger charge is 2.32. The van der Waals surface area contributed by atoms with Crippen LogP contribution in [0.4, 0.5) is 5.69 Å². The first-order valence-corrected chi connectivity index (χ1v) is 11.6. The van der Waals surface area contributed by atoms with Crippen molar-refractivity contribution in [3.63, 3.8) is 0 Å². The molecule has 0 bridgehead atoms. The van der Waals surface area contributed by atoms with Gasteiger partial charge in [0.15, 0.2) is 0 Å². The van der Waals surface area contributed by atoms with Gasteiger partial charge in [0.1, 0.15) is 6.04 Å². The normalized spacial score (nSPS) is 16.0. The average Bonchev–Trinajstić information content (AvgIpc) is 2.95. The van der Waals surface area contributed by atoms with Gasteiger partial charge < -0.3 is 4.90 Å². The lowest BCUT2D eigenvalue weighted by Crippen LogP contribution is -2.38. The molecule has 0 unspecified atom stereocenters. The Bertz CT molecular complexity index is 1320. The maximum Gasteiger partial charge on any atom is 0.252 e. The van der Waals surface area contributed by atoms with E-state index in [0.29, 0.717) is 12.5 Å². The Morgan fingerprint density at radius 2 is 1.52 bits per heavy atom. The molecule has 0 aromatic heterocycles. The maximum absolute atomic E-state index is 13.9. The van der Waals surface area contributed by atoms with Gasteiger partial charge >= 0.3 is 0 Å². The molecule has 5 rings (SSSR count). The zero-order valence-corrected chi connectivity index (χ0v) is 19.1. The Kier molecular flexibility index (Phi) is 5.78. The Labute approximate surface area is 195 Å². The van der Waals surface area contributed by atoms with Crippen molar-refractivity contribution in [1.29, 1.82) is 0 Å². The smallest absolute Gasteiger partial charge is 0.252 e. The van der Waals surface area contributed by atoms with E-state index in [9.17, 15) is 4.79 Å². The van der Waals surface area contributed by atoms with Crippen LogP contribution in [0.3, 0.4) is 0 Å². The highest BCUT2D eigenvalue weighted by atomic mass is 16.2. The molecule has 1 amide bonds. The van der Waals surface area contributed by atoms with Crippen LogP contribution in [-0.2, 0) is 11.3 Å². The summed E-state index contributed by atoms with van der Waals surface area (Å²) in [5, 5.41) is 2.37. The van der Waals surface area contributed by atoms with E-state index in [-0.39, 0.29) is 5.91 Å². The van der Waals surface area contributed by atoms with Crippen molar-refractivity contribution < 1.29 is 4.79 Å². The van der Waals surface area contributed by atoms with Gasteiger partial charge in [0, 0.05) is 11.1 Å². The molecule has 1 aliphatic heterocycles. The average molecular weight is 433 g/mol. The van der Waals surface area contributed by atoms with Crippen LogP contribution in [0.5, 0.6) is 0 Å². The first-order chi connectivity index (χ1) is 16.1. The van der Waals surface area contributed by atoms with Crippen molar-refractivity contribution in [1.82, 2.24) is 0 Å². The Morgan fingerprint density at radius 3 is 2.30 bits per heavy atom. The lowest BCUT2D eigenvalue weighted by Gasteiger charge is -2.26. The van der Waals surface area contributed by atoms with Crippen LogP contribution in [-0.4, -0.2) is 17.7 Å². The Hall–Kier alpha value is -3.72. The third kappa shape index (κ3) is 4.31. The van der Waals surface area contributed by atoms with Crippen molar-refractivity contribution in [2.24, 2.45) is 10.9 Å². The molecule has 164 valence electrons. The van der Waals surface area contributed by atoms with Crippen LogP contribution in [0.15, 0.2) is 102 Å². The number of anilines is 1. The predicted molar refractivity (Wildman–Crippen MR) is 137 cm³/mol. The second kappa shape index (κ2) is 9.03. The van der Waals surface area contributed by atoms with E-state index in [0.717, 1.165) is 34.5 Å². The van der Waals surface area contributed by atoms with Crippen LogP contribution < -0.4 is 4.90 Å². The molecule has 4 aromatic rings. The number of carbonyl (C=O) groups excluding carboxylic acids is 1. The summed E-state index contributed by atoms with van der Waals surface area (Å²) >= 11 is 0. The first-order valence-electron chi connectivity index (χ1n) is 11.6. The van der Waals surface area contributed by atoms with Gasteiger partial charge in [-0.2, -0.15) is 0 Å². The second-order valence-electron chi connectivity index (χ2n) is 9.11. The number of hydrogen-bond donors (Lipinski definition) is 0. The fraction of sp³-hybridized carbons (Fsp3) is 0.200. The SMILES string of the molecule is CC(C)C[C@@H]1N=C(c2ccc3ccccc3c2)c2ccccc2N(Cc2ccccc2)C1=O. The molecule has 0 spiro atoms. The van der Waals surface area contributed by atoms with E-state index in [4.69, 9.17) is 4.99 Å². The number of fused-ring (bicyclic) bond motifs is 2. The van der Waals surface area contributed by atoms with Crippen LogP contribution in [0.25, 0.3) is 10.8 Å². The number of rotatable bonds is 5. The summed E-state index contributed by atoms with van der Waals surface area (Å²) in [5.74, 6) is 0.427. The fourth-order valence-electron chi connectivity index (χ4n) is 4.58. The van der Waals surface area contributed by atoms with Gasteiger partial charge in [0.25, 0.3) is 5.91 Å². The zero-order chi connectivity index (χ0) is 22.8. The molecule has 0 aliphatic carbocycles. The van der Waals surface area contributed by atoms with E-state index in [1.807, 2.05) is 41.3 Å². The van der Waals surface area contributed by atoms with Gasteiger partial charge in [-0.05, 0) is 40.8 Å². The molecule has 1 aliphatic rings. The molecule has 33 heavy (non-hydrogen) atoms. The Balaban J connectivity index is 1.67. The van der Waals surface area contributed by atoms with Crippen LogP contribution in [0.2, 0.25) is 0 Å². The van der Waals surface area contributed by atoms with E-state index in [1.165, 1.54) is 10.8 Å². The van der Waals surface area contributed by atoms with E-state index >= 15 is 0 Å². The molecular formula is C30H28N2O. The molecular weight excluding hydrogens is 404 g/mol. The van der Waals surface area contributed by atoms with Crippen molar-refractivity contribution in [2.75, 3.05) is 4.90 Å². The summed E-state index contributed by atoms with van der Waals surface area (Å²) in [5.41, 5.74) is 4.97. The molecule has 0 saturated heterocycles. The minimum Gasteiger partial charge on any atom is -0.305 e. The third-order valence-corrected chi connectivity index (χ3v) is 6.19. The first kappa shape index (κ1) is 21.1. The largest absolute Gasteiger partial charge is 0.305 e. The van der Waals surface area contributed by atoms with Gasteiger partial charge in [-0.1, -0.05) is 98.8 Å². The van der Waals surface area contributed by atoms with Gasteiger partial charge in [-0.3, -0.25) is 9.79 Å². The van der Waals surface area contributed by atoms with Gasteiger partial charge in [-0.25, -0.2) is 0 Å². The predicted octanol–water partition coefficient (Wildman–Crippen LogP) is 6.64. The molecule has 4 aromatic carbocycles. The van der Waals surface area contributed by atoms with Crippen LogP contribution in [0.1, 0.15) is 37.0 Å². The monoisotopic (exact) mass is 432 g/mol. The number of para-hydroxylation sites is 1. The molecule has 0 saturated carbocycles. The van der Waals surface area contributed by atoms with Crippen molar-refractivity contribution >= 4 is 28.1 Å². The molecule has 3 heteroatoms. The summed E-state index contributed by atoms with van der Waals surface area (Å²) in [6.07, 6.45) is 0.717. The molecule has 3 nitrogen and oxygen atoms in total. The number of hydrogen-bond acceptors (Lipinski definition) is 2. The summed E-state index contributed by atoms with van der Waals surface area (Å²) in [4.78, 5) is 20.9. The summed E-state index contributed by atoms with van der Waals surface area (Å²) < 4.78 is 0. The standard InChI is InChI=1S/C30H28N2O/c1-21(2)18-27-30(33)32(20-22-10-4-3-5-11-22)28-15-9-8-14-26(28)29(31-27)25-17-16-23-12-6-7-13-24(23)19-25/h3-17,19,21,27H,18,20H2,1-2H3/t27-/m0/s1. The number of amides is 1. The zero-order valence-electron chi connectivity index (χ0n) is 19.1. The topological polar surface area (TPSA) is 32.7 Å². The summed E-state index contributed by atoms with van der Waals surface area (Å²) in [6.45, 7) is 4.84. The summed E-state index contributed by atoms with van der Waals surface area (Å²) in [6, 6.07) is 32.8. The third-order valence-electron chi connectivity index (χ3n) is 6.19. The van der Waals surface area contributed by atoms with E-state index in [1.54, 1.807) is 0 Å². The number of nitrogens with zero attached hydrogens (tertiary/aromatic N) is 2. The Morgan fingerprint density at radius 1 is 0.818 bits per heavy atom. The lowest BCUT2D eigenvalue weighted by molar-refractivity contribution is -0.120. The van der Waals surface area contributed by atoms with Crippen LogP contribution >= 0.6 is 0 Å². The molecule has 0 radical (unpaired) electrons. The van der Waals surface area contributed by atoms with Crippen LogP contribution in [0, 0.1) is 5.92 Å². The van der Waals surface area contributed by atoms with E-state index in [2.05, 4.69) is 74.5 Å².